The summed E-state index contributed by atoms with van der Waals surface area (Å²) >= 11 is 1.81. The van der Waals surface area contributed by atoms with Crippen molar-refractivity contribution in [3.63, 3.8) is 0 Å². The van der Waals surface area contributed by atoms with Crippen LogP contribution < -0.4 is 0 Å². The monoisotopic (exact) mass is 205 g/mol. The minimum absolute atomic E-state index is 0.128. The molecule has 1 unspecified atom stereocenters. The Bertz CT molecular complexity index is 365. The summed E-state index contributed by atoms with van der Waals surface area (Å²) in [5, 5.41) is 0. The molecule has 0 aromatic heterocycles. The Morgan fingerprint density at radius 1 is 1.50 bits per heavy atom. The molecule has 1 atom stereocenters. The van der Waals surface area contributed by atoms with E-state index in [0.717, 1.165) is 23.6 Å². The van der Waals surface area contributed by atoms with Crippen LogP contribution in [0.5, 0.6) is 0 Å². The summed E-state index contributed by atoms with van der Waals surface area (Å²) in [6.45, 7) is 4.31. The lowest BCUT2D eigenvalue weighted by atomic mass is 10.2. The van der Waals surface area contributed by atoms with E-state index < -0.39 is 0 Å². The molecule has 1 saturated heterocycles. The first-order chi connectivity index (χ1) is 6.92. The second-order valence-corrected chi connectivity index (χ2v) is 4.07. The zero-order chi connectivity index (χ0) is 9.80. The molecule has 0 aliphatic carbocycles. The maximum Gasteiger partial charge on any atom is 0.130 e. The number of ether oxygens (including phenoxy) is 1. The normalized spacial score (nSPS) is 20.4. The van der Waals surface area contributed by atoms with Crippen LogP contribution in [0.15, 0.2) is 35.8 Å². The molecule has 0 bridgehead atoms. The van der Waals surface area contributed by atoms with E-state index in [9.17, 15) is 0 Å². The lowest BCUT2D eigenvalue weighted by Gasteiger charge is -2.10. The Kier molecular flexibility index (Phi) is 3.04. The fourth-order valence-corrected chi connectivity index (χ4v) is 2.39. The molecule has 1 heterocycles. The molecule has 0 spiro atoms. The van der Waals surface area contributed by atoms with Gasteiger partial charge in [-0.05, 0) is 18.5 Å². The largest absolute Gasteiger partial charge is 0.362 e. The lowest BCUT2D eigenvalue weighted by Crippen LogP contribution is -1.92. The number of rotatable bonds is 2. The third kappa shape index (κ3) is 1.90. The van der Waals surface area contributed by atoms with Gasteiger partial charge in [0.2, 0.25) is 0 Å². The number of thioether (sulfide) groups is 1. The molecule has 2 rings (SSSR count). The Morgan fingerprint density at radius 3 is 3.07 bits per heavy atom. The Morgan fingerprint density at radius 2 is 2.36 bits per heavy atom. The van der Waals surface area contributed by atoms with Gasteiger partial charge in [-0.2, -0.15) is 0 Å². The SMILES string of the molecule is C=C=Nc1ccccc1C1OCCS1. The minimum Gasteiger partial charge on any atom is -0.362 e. The summed E-state index contributed by atoms with van der Waals surface area (Å²) in [6, 6.07) is 7.95. The van der Waals surface area contributed by atoms with Crippen molar-refractivity contribution in [3.8, 4) is 0 Å². The molecule has 0 amide bonds. The molecule has 72 valence electrons. The summed E-state index contributed by atoms with van der Waals surface area (Å²) in [4.78, 5) is 4.10. The smallest absolute Gasteiger partial charge is 0.130 e. The van der Waals surface area contributed by atoms with Crippen LogP contribution >= 0.6 is 11.8 Å². The highest BCUT2D eigenvalue weighted by molar-refractivity contribution is 7.99. The molecular weight excluding hydrogens is 194 g/mol. The maximum absolute atomic E-state index is 5.58. The first-order valence-corrected chi connectivity index (χ1v) is 5.51. The maximum atomic E-state index is 5.58. The minimum atomic E-state index is 0.128. The number of aliphatic imine (C=N–C) groups is 1. The number of hydrogen-bond donors (Lipinski definition) is 0. The fraction of sp³-hybridized carbons (Fsp3) is 0.273. The molecule has 1 aromatic rings. The van der Waals surface area contributed by atoms with E-state index in [-0.39, 0.29) is 5.44 Å². The van der Waals surface area contributed by atoms with Crippen molar-refractivity contribution in [3.05, 3.63) is 36.4 Å². The first kappa shape index (κ1) is 9.53. The van der Waals surface area contributed by atoms with Crippen molar-refractivity contribution in [2.45, 2.75) is 5.44 Å². The van der Waals surface area contributed by atoms with Gasteiger partial charge in [-0.1, -0.05) is 18.2 Å². The Hall–Kier alpha value is -1.02. The van der Waals surface area contributed by atoms with E-state index in [4.69, 9.17) is 4.74 Å². The molecule has 0 saturated carbocycles. The molecule has 1 fully saturated rings. The predicted octanol–water partition coefficient (Wildman–Crippen LogP) is 2.94. The average Bonchev–Trinajstić information content (AvgIpc) is 2.72. The number of benzene rings is 1. The number of para-hydroxylation sites is 1. The second kappa shape index (κ2) is 4.47. The summed E-state index contributed by atoms with van der Waals surface area (Å²) in [6.07, 6.45) is 0. The van der Waals surface area contributed by atoms with Gasteiger partial charge in [0.15, 0.2) is 0 Å². The highest BCUT2D eigenvalue weighted by Crippen LogP contribution is 2.39. The van der Waals surface area contributed by atoms with Gasteiger partial charge >= 0.3 is 0 Å². The third-order valence-electron chi connectivity index (χ3n) is 2.01. The first-order valence-electron chi connectivity index (χ1n) is 4.47. The molecule has 0 radical (unpaired) electrons. The third-order valence-corrected chi connectivity index (χ3v) is 3.11. The van der Waals surface area contributed by atoms with Gasteiger partial charge in [0.05, 0.1) is 12.3 Å². The van der Waals surface area contributed by atoms with E-state index in [1.54, 1.807) is 11.8 Å². The van der Waals surface area contributed by atoms with Gasteiger partial charge in [-0.3, -0.25) is 0 Å². The Labute approximate surface area is 87.7 Å². The van der Waals surface area contributed by atoms with Crippen molar-refractivity contribution in [1.82, 2.24) is 0 Å². The summed E-state index contributed by atoms with van der Waals surface area (Å²) < 4.78 is 5.58. The van der Waals surface area contributed by atoms with Crippen molar-refractivity contribution in [2.24, 2.45) is 4.99 Å². The highest BCUT2D eigenvalue weighted by Gasteiger charge is 2.20. The summed E-state index contributed by atoms with van der Waals surface area (Å²) in [5.41, 5.74) is 2.15. The fourth-order valence-electron chi connectivity index (χ4n) is 1.41. The van der Waals surface area contributed by atoms with Crippen LogP contribution in [0.2, 0.25) is 0 Å². The van der Waals surface area contributed by atoms with Gasteiger partial charge in [-0.15, -0.1) is 11.8 Å². The van der Waals surface area contributed by atoms with Crippen LogP contribution in [0, 0.1) is 0 Å². The summed E-state index contributed by atoms with van der Waals surface area (Å²) in [5.74, 6) is 3.61. The van der Waals surface area contributed by atoms with Crippen molar-refractivity contribution >= 4 is 23.3 Å². The van der Waals surface area contributed by atoms with Crippen molar-refractivity contribution in [2.75, 3.05) is 12.4 Å². The highest BCUT2D eigenvalue weighted by atomic mass is 32.2. The van der Waals surface area contributed by atoms with Gasteiger partial charge in [0, 0.05) is 11.3 Å². The van der Waals surface area contributed by atoms with Crippen molar-refractivity contribution < 1.29 is 4.74 Å². The van der Waals surface area contributed by atoms with Crippen LogP contribution in [-0.2, 0) is 4.74 Å². The van der Waals surface area contributed by atoms with Gasteiger partial charge < -0.3 is 4.74 Å². The topological polar surface area (TPSA) is 21.6 Å². The summed E-state index contributed by atoms with van der Waals surface area (Å²) in [7, 11) is 0. The molecule has 3 heteroatoms. The molecule has 2 nitrogen and oxygen atoms in total. The van der Waals surface area contributed by atoms with E-state index >= 15 is 0 Å². The molecule has 1 aliphatic heterocycles. The molecule has 1 aromatic carbocycles. The zero-order valence-electron chi connectivity index (χ0n) is 7.77. The molecule has 1 aliphatic rings. The standard InChI is InChI=1S/C11H11NOS/c1-2-12-10-6-4-3-5-9(10)11-13-7-8-14-11/h3-6,11H,1,7-8H2. The van der Waals surface area contributed by atoms with E-state index in [1.165, 1.54) is 0 Å². The van der Waals surface area contributed by atoms with Crippen LogP contribution in [0.3, 0.4) is 0 Å². The number of nitrogens with zero attached hydrogens (tertiary/aromatic N) is 1. The van der Waals surface area contributed by atoms with Gasteiger partial charge in [0.1, 0.15) is 5.44 Å². The van der Waals surface area contributed by atoms with E-state index in [2.05, 4.69) is 17.4 Å². The van der Waals surface area contributed by atoms with E-state index in [1.807, 2.05) is 24.3 Å². The zero-order valence-corrected chi connectivity index (χ0v) is 8.59. The quantitative estimate of drug-likeness (QED) is 0.692. The van der Waals surface area contributed by atoms with Crippen LogP contribution in [0.25, 0.3) is 0 Å². The lowest BCUT2D eigenvalue weighted by molar-refractivity contribution is 0.145. The predicted molar refractivity (Wildman–Crippen MR) is 60.3 cm³/mol. The van der Waals surface area contributed by atoms with Crippen LogP contribution in [0.1, 0.15) is 11.0 Å². The van der Waals surface area contributed by atoms with Gasteiger partial charge in [-0.25, -0.2) is 4.99 Å². The van der Waals surface area contributed by atoms with Crippen molar-refractivity contribution in [1.29, 1.82) is 0 Å². The second-order valence-electron chi connectivity index (χ2n) is 2.90. The molecule has 14 heavy (non-hydrogen) atoms. The van der Waals surface area contributed by atoms with Crippen LogP contribution in [-0.4, -0.2) is 18.2 Å². The van der Waals surface area contributed by atoms with Gasteiger partial charge in [0.25, 0.3) is 0 Å². The molecule has 0 N–H and O–H groups in total. The molecular formula is C11H11NOS. The Balaban J connectivity index is 2.34. The van der Waals surface area contributed by atoms with E-state index in [0.29, 0.717) is 0 Å². The average molecular weight is 205 g/mol. The number of hydrogen-bond acceptors (Lipinski definition) is 3. The van der Waals surface area contributed by atoms with Crippen LogP contribution in [0.4, 0.5) is 5.69 Å².